The molecule has 0 saturated carbocycles. The Kier molecular flexibility index (Phi) is 7.82. The van der Waals surface area contributed by atoms with Crippen LogP contribution in [0.15, 0.2) is 0 Å². The number of amides is 1. The summed E-state index contributed by atoms with van der Waals surface area (Å²) in [5.41, 5.74) is 0. The van der Waals surface area contributed by atoms with Gasteiger partial charge in [-0.2, -0.15) is 11.8 Å². The predicted octanol–water partition coefficient (Wildman–Crippen LogP) is 0.167. The van der Waals surface area contributed by atoms with Crippen molar-refractivity contribution >= 4 is 17.7 Å². The lowest BCUT2D eigenvalue weighted by molar-refractivity contribution is -0.128. The molecule has 0 heterocycles. The number of carbonyl (C=O) groups is 1. The van der Waals surface area contributed by atoms with Gasteiger partial charge in [0.1, 0.15) is 0 Å². The molecular weight excluding hydrogens is 212 g/mol. The van der Waals surface area contributed by atoms with Gasteiger partial charge in [0.2, 0.25) is 5.91 Å². The topological polar surface area (TPSA) is 52.6 Å². The molecular formula is C10H22N2O2S. The summed E-state index contributed by atoms with van der Waals surface area (Å²) in [6.07, 6.45) is 1.96. The van der Waals surface area contributed by atoms with Crippen molar-refractivity contribution in [1.82, 2.24) is 10.2 Å². The molecule has 0 aliphatic carbocycles. The molecule has 2 N–H and O–H groups in total. The SMILES string of the molecule is CCN(C)C(=O)CNC(C)C(CO)SC. The summed E-state index contributed by atoms with van der Waals surface area (Å²) < 4.78 is 0. The number of likely N-dealkylation sites (N-methyl/N-ethyl adjacent to an activating group) is 1. The van der Waals surface area contributed by atoms with Gasteiger partial charge in [-0.05, 0) is 20.1 Å². The third-order valence-corrected chi connectivity index (χ3v) is 3.68. The van der Waals surface area contributed by atoms with Crippen LogP contribution < -0.4 is 5.32 Å². The summed E-state index contributed by atoms with van der Waals surface area (Å²) in [4.78, 5) is 13.1. The monoisotopic (exact) mass is 234 g/mol. The summed E-state index contributed by atoms with van der Waals surface area (Å²) >= 11 is 1.61. The molecule has 0 aromatic heterocycles. The molecule has 2 atom stereocenters. The van der Waals surface area contributed by atoms with E-state index in [9.17, 15) is 4.79 Å². The minimum atomic E-state index is 0.0853. The maximum atomic E-state index is 11.5. The van der Waals surface area contributed by atoms with Crippen molar-refractivity contribution in [3.8, 4) is 0 Å². The summed E-state index contributed by atoms with van der Waals surface area (Å²) in [6, 6.07) is 0.138. The molecule has 4 nitrogen and oxygen atoms in total. The molecule has 0 aromatic carbocycles. The third kappa shape index (κ3) is 5.39. The van der Waals surface area contributed by atoms with Crippen molar-refractivity contribution in [2.24, 2.45) is 0 Å². The molecule has 0 spiro atoms. The van der Waals surface area contributed by atoms with Gasteiger partial charge >= 0.3 is 0 Å². The number of hydrogen-bond donors (Lipinski definition) is 2. The number of thioether (sulfide) groups is 1. The summed E-state index contributed by atoms with van der Waals surface area (Å²) in [7, 11) is 1.78. The molecule has 0 aromatic rings. The van der Waals surface area contributed by atoms with Gasteiger partial charge in [-0.15, -0.1) is 0 Å². The Morgan fingerprint density at radius 1 is 1.60 bits per heavy atom. The van der Waals surface area contributed by atoms with Crippen molar-refractivity contribution in [2.75, 3.05) is 33.0 Å². The Morgan fingerprint density at radius 2 is 2.20 bits per heavy atom. The van der Waals surface area contributed by atoms with Gasteiger partial charge < -0.3 is 15.3 Å². The lowest BCUT2D eigenvalue weighted by Gasteiger charge is -2.22. The van der Waals surface area contributed by atoms with Crippen molar-refractivity contribution < 1.29 is 9.90 Å². The summed E-state index contributed by atoms with van der Waals surface area (Å²) in [6.45, 7) is 5.12. The molecule has 1 amide bonds. The predicted molar refractivity (Wildman–Crippen MR) is 65.2 cm³/mol. The Labute approximate surface area is 96.4 Å². The first-order chi connectivity index (χ1) is 7.06. The van der Waals surface area contributed by atoms with Crippen LogP contribution in [0.1, 0.15) is 13.8 Å². The fourth-order valence-corrected chi connectivity index (χ4v) is 1.78. The Bertz CT molecular complexity index is 186. The molecule has 0 saturated heterocycles. The zero-order chi connectivity index (χ0) is 11.8. The second-order valence-corrected chi connectivity index (χ2v) is 4.61. The van der Waals surface area contributed by atoms with Crippen LogP contribution in [-0.4, -0.2) is 60.2 Å². The lowest BCUT2D eigenvalue weighted by Crippen LogP contribution is -2.43. The quantitative estimate of drug-likeness (QED) is 0.659. The fourth-order valence-electron chi connectivity index (χ4n) is 1.13. The Balaban J connectivity index is 3.88. The Hall–Kier alpha value is -0.260. The smallest absolute Gasteiger partial charge is 0.236 e. The largest absolute Gasteiger partial charge is 0.395 e. The van der Waals surface area contributed by atoms with Crippen LogP contribution in [0.2, 0.25) is 0 Å². The number of hydrogen-bond acceptors (Lipinski definition) is 4. The highest BCUT2D eigenvalue weighted by Gasteiger charge is 2.16. The second-order valence-electron chi connectivity index (χ2n) is 3.53. The molecule has 0 rings (SSSR count). The molecule has 90 valence electrons. The van der Waals surface area contributed by atoms with E-state index in [0.717, 1.165) is 6.54 Å². The van der Waals surface area contributed by atoms with Crippen molar-refractivity contribution in [3.63, 3.8) is 0 Å². The van der Waals surface area contributed by atoms with Crippen LogP contribution >= 0.6 is 11.8 Å². The van der Waals surface area contributed by atoms with Crippen LogP contribution in [-0.2, 0) is 4.79 Å². The maximum Gasteiger partial charge on any atom is 0.236 e. The van der Waals surface area contributed by atoms with Crippen molar-refractivity contribution in [2.45, 2.75) is 25.1 Å². The molecule has 0 bridgehead atoms. The van der Waals surface area contributed by atoms with Crippen LogP contribution in [0.5, 0.6) is 0 Å². The zero-order valence-electron chi connectivity index (χ0n) is 9.99. The molecule has 0 aliphatic rings. The zero-order valence-corrected chi connectivity index (χ0v) is 10.8. The fraction of sp³-hybridized carbons (Fsp3) is 0.900. The minimum absolute atomic E-state index is 0.0853. The van der Waals surface area contributed by atoms with Crippen LogP contribution in [0.4, 0.5) is 0 Å². The highest BCUT2D eigenvalue weighted by atomic mass is 32.2. The van der Waals surface area contributed by atoms with Gasteiger partial charge in [0, 0.05) is 24.9 Å². The molecule has 15 heavy (non-hydrogen) atoms. The van der Waals surface area contributed by atoms with Crippen molar-refractivity contribution in [1.29, 1.82) is 0 Å². The van der Waals surface area contributed by atoms with Crippen LogP contribution in [0.3, 0.4) is 0 Å². The number of rotatable bonds is 7. The van der Waals surface area contributed by atoms with Gasteiger partial charge in [-0.1, -0.05) is 0 Å². The van der Waals surface area contributed by atoms with E-state index in [4.69, 9.17) is 5.11 Å². The van der Waals surface area contributed by atoms with Gasteiger partial charge in [-0.25, -0.2) is 0 Å². The number of aliphatic hydroxyl groups excluding tert-OH is 1. The minimum Gasteiger partial charge on any atom is -0.395 e. The van der Waals surface area contributed by atoms with E-state index in [0.29, 0.717) is 6.54 Å². The molecule has 0 fully saturated rings. The average molecular weight is 234 g/mol. The Morgan fingerprint density at radius 3 is 2.60 bits per heavy atom. The first-order valence-electron chi connectivity index (χ1n) is 5.17. The molecule has 2 unspecified atom stereocenters. The molecule has 5 heteroatoms. The van der Waals surface area contributed by atoms with Crippen LogP contribution in [0, 0.1) is 0 Å². The highest BCUT2D eigenvalue weighted by Crippen LogP contribution is 2.09. The summed E-state index contributed by atoms with van der Waals surface area (Å²) in [5.74, 6) is 0.0853. The second kappa shape index (κ2) is 7.96. The average Bonchev–Trinajstić information content (AvgIpc) is 2.26. The van der Waals surface area contributed by atoms with E-state index < -0.39 is 0 Å². The van der Waals surface area contributed by atoms with Gasteiger partial charge in [0.25, 0.3) is 0 Å². The van der Waals surface area contributed by atoms with E-state index in [1.807, 2.05) is 20.1 Å². The van der Waals surface area contributed by atoms with E-state index in [-0.39, 0.29) is 23.8 Å². The van der Waals surface area contributed by atoms with Crippen molar-refractivity contribution in [3.05, 3.63) is 0 Å². The number of carbonyl (C=O) groups excluding carboxylic acids is 1. The number of nitrogens with zero attached hydrogens (tertiary/aromatic N) is 1. The molecule has 0 aliphatic heterocycles. The van der Waals surface area contributed by atoms with E-state index in [1.165, 1.54) is 0 Å². The number of aliphatic hydroxyl groups is 1. The van der Waals surface area contributed by atoms with Gasteiger partial charge in [0.05, 0.1) is 13.2 Å². The highest BCUT2D eigenvalue weighted by molar-refractivity contribution is 7.99. The van der Waals surface area contributed by atoms with Crippen LogP contribution in [0.25, 0.3) is 0 Å². The third-order valence-electron chi connectivity index (χ3n) is 2.52. The van der Waals surface area contributed by atoms with Gasteiger partial charge in [0.15, 0.2) is 0 Å². The normalized spacial score (nSPS) is 14.7. The van der Waals surface area contributed by atoms with E-state index in [2.05, 4.69) is 5.32 Å². The number of nitrogens with one attached hydrogen (secondary N) is 1. The standard InChI is InChI=1S/C10H22N2O2S/c1-5-12(3)10(14)6-11-8(2)9(7-13)15-4/h8-9,11,13H,5-7H2,1-4H3. The summed E-state index contributed by atoms with van der Waals surface area (Å²) in [5, 5.41) is 12.3. The maximum absolute atomic E-state index is 11.5. The van der Waals surface area contributed by atoms with E-state index in [1.54, 1.807) is 23.7 Å². The first kappa shape index (κ1) is 14.7. The first-order valence-corrected chi connectivity index (χ1v) is 6.46. The lowest BCUT2D eigenvalue weighted by atomic mass is 10.2. The van der Waals surface area contributed by atoms with Gasteiger partial charge in [-0.3, -0.25) is 4.79 Å². The van der Waals surface area contributed by atoms with E-state index >= 15 is 0 Å². The molecule has 0 radical (unpaired) electrons.